The van der Waals surface area contributed by atoms with Crippen LogP contribution < -0.4 is 0 Å². The van der Waals surface area contributed by atoms with E-state index in [1.54, 1.807) is 0 Å². The summed E-state index contributed by atoms with van der Waals surface area (Å²) in [5.74, 6) is -0.362. The van der Waals surface area contributed by atoms with Gasteiger partial charge < -0.3 is 9.26 Å². The Hall–Kier alpha value is -0.400. The molecule has 1 atom stereocenters. The monoisotopic (exact) mass is 302 g/mol. The van der Waals surface area contributed by atoms with Gasteiger partial charge in [-0.05, 0) is 18.9 Å². The van der Waals surface area contributed by atoms with Crippen LogP contribution in [0.25, 0.3) is 0 Å². The van der Waals surface area contributed by atoms with Gasteiger partial charge in [0, 0.05) is 9.47 Å². The third-order valence-electron chi connectivity index (χ3n) is 3.22. The Kier molecular flexibility index (Phi) is 16.3. The summed E-state index contributed by atoms with van der Waals surface area (Å²) < 4.78 is 9.39. The highest BCUT2D eigenvalue weighted by Crippen LogP contribution is 2.11. The Morgan fingerprint density at radius 1 is 0.950 bits per heavy atom. The largest absolute Gasteiger partial charge is 0.433 e. The van der Waals surface area contributed by atoms with E-state index < -0.39 is 0 Å². The van der Waals surface area contributed by atoms with E-state index in [1.165, 1.54) is 70.5 Å². The van der Waals surface area contributed by atoms with Gasteiger partial charge >= 0.3 is 5.97 Å². The van der Waals surface area contributed by atoms with Crippen molar-refractivity contribution in [3.8, 4) is 0 Å². The topological polar surface area (TPSA) is 35.5 Å². The van der Waals surface area contributed by atoms with Gasteiger partial charge in [-0.1, -0.05) is 64.7 Å². The Morgan fingerprint density at radius 2 is 1.50 bits per heavy atom. The lowest BCUT2D eigenvalue weighted by atomic mass is 10.1. The Morgan fingerprint density at radius 3 is 2.05 bits per heavy atom. The Labute approximate surface area is 126 Å². The minimum atomic E-state index is -0.362. The van der Waals surface area contributed by atoms with Crippen molar-refractivity contribution in [2.24, 2.45) is 0 Å². The zero-order valence-electron chi connectivity index (χ0n) is 12.9. The van der Waals surface area contributed by atoms with Crippen LogP contribution >= 0.6 is 9.47 Å². The molecule has 0 radical (unpaired) electrons. The van der Waals surface area contributed by atoms with Gasteiger partial charge in [0.1, 0.15) is 6.61 Å². The molecule has 0 amide bonds. The molecule has 1 unspecified atom stereocenters. The minimum Gasteiger partial charge on any atom is -0.433 e. The van der Waals surface area contributed by atoms with Crippen LogP contribution in [0.5, 0.6) is 0 Å². The lowest BCUT2D eigenvalue weighted by Gasteiger charge is -2.01. The van der Waals surface area contributed by atoms with Crippen molar-refractivity contribution in [2.75, 3.05) is 6.61 Å². The van der Waals surface area contributed by atoms with E-state index in [0.717, 1.165) is 6.42 Å². The lowest BCUT2D eigenvalue weighted by Crippen LogP contribution is -2.05. The molecule has 0 aliphatic carbocycles. The van der Waals surface area contributed by atoms with Crippen molar-refractivity contribution in [1.82, 2.24) is 0 Å². The molecule has 20 heavy (non-hydrogen) atoms. The summed E-state index contributed by atoms with van der Waals surface area (Å²) in [4.78, 5) is 10.9. The van der Waals surface area contributed by atoms with Crippen LogP contribution in [-0.2, 0) is 14.1 Å². The molecular formula is C16H31O3P. The number of esters is 1. The van der Waals surface area contributed by atoms with Crippen LogP contribution in [0, 0.1) is 0 Å². The molecule has 0 bridgehead atoms. The zero-order chi connectivity index (χ0) is 14.9. The van der Waals surface area contributed by atoms with E-state index in [2.05, 4.69) is 11.4 Å². The molecule has 0 aliphatic heterocycles. The van der Waals surface area contributed by atoms with E-state index in [-0.39, 0.29) is 12.6 Å². The standard InChI is InChI=1S/C16H31O3P/c1-2-3-4-5-6-7-8-9-10-11-12-13-14-18-16(17)15-19-20/h13-14H,2-12,15,20H2,1H3. The molecule has 0 aliphatic rings. The average molecular weight is 302 g/mol. The van der Waals surface area contributed by atoms with Gasteiger partial charge in [0.05, 0.1) is 6.26 Å². The predicted octanol–water partition coefficient (Wildman–Crippen LogP) is 5.16. The smallest absolute Gasteiger partial charge is 0.337 e. The molecule has 118 valence electrons. The Bertz CT molecular complexity index is 242. The summed E-state index contributed by atoms with van der Waals surface area (Å²) in [7, 11) is 2.03. The van der Waals surface area contributed by atoms with E-state index in [0.29, 0.717) is 0 Å². The van der Waals surface area contributed by atoms with Gasteiger partial charge in [0.2, 0.25) is 0 Å². The quantitative estimate of drug-likeness (QED) is 0.192. The van der Waals surface area contributed by atoms with Gasteiger partial charge in [-0.3, -0.25) is 0 Å². The molecule has 0 rings (SSSR count). The highest BCUT2D eigenvalue weighted by molar-refractivity contribution is 7.09. The maximum atomic E-state index is 10.9. The fourth-order valence-electron chi connectivity index (χ4n) is 2.04. The maximum absolute atomic E-state index is 10.9. The van der Waals surface area contributed by atoms with E-state index >= 15 is 0 Å². The lowest BCUT2D eigenvalue weighted by molar-refractivity contribution is -0.140. The normalized spacial score (nSPS) is 11.1. The van der Waals surface area contributed by atoms with Crippen LogP contribution in [0.3, 0.4) is 0 Å². The number of carbonyl (C=O) groups excluding carboxylic acids is 1. The summed E-state index contributed by atoms with van der Waals surface area (Å²) in [6.45, 7) is 2.24. The highest BCUT2D eigenvalue weighted by Gasteiger charge is 1.97. The molecule has 4 heteroatoms. The summed E-state index contributed by atoms with van der Waals surface area (Å²) >= 11 is 0. The number of unbranched alkanes of at least 4 members (excludes halogenated alkanes) is 10. The number of rotatable bonds is 14. The first kappa shape index (κ1) is 19.6. The first-order valence-corrected chi connectivity index (χ1v) is 8.44. The van der Waals surface area contributed by atoms with Crippen molar-refractivity contribution in [1.29, 1.82) is 0 Å². The van der Waals surface area contributed by atoms with Crippen LogP contribution in [0.2, 0.25) is 0 Å². The summed E-state index contributed by atoms with van der Waals surface area (Å²) in [5.41, 5.74) is 0. The molecule has 0 spiro atoms. The van der Waals surface area contributed by atoms with Gasteiger partial charge in [0.25, 0.3) is 0 Å². The van der Waals surface area contributed by atoms with Gasteiger partial charge in [-0.2, -0.15) is 0 Å². The van der Waals surface area contributed by atoms with Crippen molar-refractivity contribution in [3.63, 3.8) is 0 Å². The van der Waals surface area contributed by atoms with E-state index in [9.17, 15) is 4.79 Å². The molecular weight excluding hydrogens is 271 g/mol. The first-order chi connectivity index (χ1) is 9.81. The maximum Gasteiger partial charge on any atom is 0.337 e. The van der Waals surface area contributed by atoms with Crippen molar-refractivity contribution >= 4 is 15.4 Å². The average Bonchev–Trinajstić information content (AvgIpc) is 2.44. The van der Waals surface area contributed by atoms with Gasteiger partial charge in [-0.25, -0.2) is 4.79 Å². The molecule has 0 aromatic rings. The molecule has 0 saturated carbocycles. The highest BCUT2D eigenvalue weighted by atomic mass is 31.0. The molecule has 0 aromatic carbocycles. The number of hydrogen-bond donors (Lipinski definition) is 0. The summed E-state index contributed by atoms with van der Waals surface area (Å²) in [5, 5.41) is 0. The summed E-state index contributed by atoms with van der Waals surface area (Å²) in [6.07, 6.45) is 17.8. The van der Waals surface area contributed by atoms with Crippen LogP contribution in [0.4, 0.5) is 0 Å². The third kappa shape index (κ3) is 15.7. The predicted molar refractivity (Wildman–Crippen MR) is 87.4 cm³/mol. The number of ether oxygens (including phenoxy) is 1. The molecule has 0 saturated heterocycles. The third-order valence-corrected chi connectivity index (χ3v) is 3.39. The second-order valence-corrected chi connectivity index (χ2v) is 5.48. The van der Waals surface area contributed by atoms with Crippen LogP contribution in [0.1, 0.15) is 77.6 Å². The van der Waals surface area contributed by atoms with Crippen molar-refractivity contribution in [2.45, 2.75) is 77.6 Å². The van der Waals surface area contributed by atoms with E-state index in [4.69, 9.17) is 4.74 Å². The first-order valence-electron chi connectivity index (χ1n) is 7.97. The minimum absolute atomic E-state index is 0.0206. The fraction of sp³-hybridized carbons (Fsp3) is 0.812. The van der Waals surface area contributed by atoms with E-state index in [1.807, 2.05) is 15.5 Å². The molecule has 3 nitrogen and oxygen atoms in total. The number of carbonyl (C=O) groups is 1. The molecule has 0 fully saturated rings. The van der Waals surface area contributed by atoms with Crippen molar-refractivity contribution < 1.29 is 14.1 Å². The second-order valence-electron chi connectivity index (χ2n) is 5.14. The molecule has 0 aromatic heterocycles. The second kappa shape index (κ2) is 16.7. The fourth-order valence-corrected chi connectivity index (χ4v) is 2.18. The SMILES string of the molecule is CCCCCCCCCCCCC=COC(=O)COP. The van der Waals surface area contributed by atoms with Crippen molar-refractivity contribution in [3.05, 3.63) is 12.3 Å². The van der Waals surface area contributed by atoms with Crippen LogP contribution in [-0.4, -0.2) is 12.6 Å². The zero-order valence-corrected chi connectivity index (χ0v) is 14.1. The van der Waals surface area contributed by atoms with Crippen LogP contribution in [0.15, 0.2) is 12.3 Å². The molecule has 0 N–H and O–H groups in total. The van der Waals surface area contributed by atoms with Gasteiger partial charge in [0.15, 0.2) is 0 Å². The number of hydrogen-bond acceptors (Lipinski definition) is 3. The summed E-state index contributed by atoms with van der Waals surface area (Å²) in [6, 6.07) is 0. The number of allylic oxidation sites excluding steroid dienone is 1. The molecule has 0 heterocycles. The van der Waals surface area contributed by atoms with Gasteiger partial charge in [-0.15, -0.1) is 0 Å². The Balaban J connectivity index is 3.12.